The Balaban J connectivity index is 1.37. The fraction of sp³-hybridized carbons (Fsp3) is 0.450. The summed E-state index contributed by atoms with van der Waals surface area (Å²) in [5.74, 6) is 1.70. The van der Waals surface area contributed by atoms with Crippen LogP contribution in [-0.4, -0.2) is 32.1 Å². The number of rotatable bonds is 7. The van der Waals surface area contributed by atoms with Crippen LogP contribution in [0.25, 0.3) is 10.8 Å². The Hall–Kier alpha value is -2.07. The van der Waals surface area contributed by atoms with Crippen molar-refractivity contribution in [3.8, 4) is 5.75 Å². The molecule has 3 rings (SSSR count). The Labute approximate surface area is 143 Å². The van der Waals surface area contributed by atoms with Crippen LogP contribution in [0.3, 0.4) is 0 Å². The molecule has 1 fully saturated rings. The van der Waals surface area contributed by atoms with E-state index in [2.05, 4.69) is 28.8 Å². The van der Waals surface area contributed by atoms with E-state index in [1.807, 2.05) is 24.3 Å². The zero-order valence-electron chi connectivity index (χ0n) is 14.1. The molecule has 0 aromatic heterocycles. The van der Waals surface area contributed by atoms with Crippen molar-refractivity contribution >= 4 is 16.7 Å². The number of carbonyl (C=O) groups excluding carboxylic acids is 1. The molecule has 0 radical (unpaired) electrons. The van der Waals surface area contributed by atoms with Crippen LogP contribution in [0.1, 0.15) is 25.7 Å². The van der Waals surface area contributed by atoms with Gasteiger partial charge < -0.3 is 15.4 Å². The van der Waals surface area contributed by atoms with Gasteiger partial charge in [-0.15, -0.1) is 0 Å². The van der Waals surface area contributed by atoms with Crippen LogP contribution < -0.4 is 15.4 Å². The predicted octanol–water partition coefficient (Wildman–Crippen LogP) is 3.11. The smallest absolute Gasteiger partial charge is 0.220 e. The summed E-state index contributed by atoms with van der Waals surface area (Å²) in [4.78, 5) is 11.9. The van der Waals surface area contributed by atoms with Gasteiger partial charge in [0.2, 0.25) is 5.91 Å². The van der Waals surface area contributed by atoms with E-state index in [4.69, 9.17) is 4.74 Å². The first-order valence-corrected chi connectivity index (χ1v) is 8.91. The second kappa shape index (κ2) is 8.69. The number of ether oxygens (including phenoxy) is 1. The molecule has 0 bridgehead atoms. The lowest BCUT2D eigenvalue weighted by atomic mass is 9.93. The molecule has 1 aliphatic rings. The molecule has 1 heterocycles. The zero-order chi connectivity index (χ0) is 16.6. The van der Waals surface area contributed by atoms with Crippen LogP contribution in [0, 0.1) is 5.92 Å². The van der Waals surface area contributed by atoms with Crippen LogP contribution >= 0.6 is 0 Å². The lowest BCUT2D eigenvalue weighted by Crippen LogP contribution is -2.30. The summed E-state index contributed by atoms with van der Waals surface area (Å²) in [6, 6.07) is 14.2. The van der Waals surface area contributed by atoms with E-state index in [9.17, 15) is 4.79 Å². The molecule has 2 aromatic rings. The molecule has 0 saturated carbocycles. The molecule has 0 spiro atoms. The first-order chi connectivity index (χ1) is 11.8. The fourth-order valence-electron chi connectivity index (χ4n) is 3.27. The molecule has 0 atom stereocenters. The standard InChI is InChI=1S/C20H26N2O2/c23-20(9-8-16-10-12-21-13-11-16)22-14-15-24-19-7-3-5-17-4-1-2-6-18(17)19/h1-7,16,21H,8-15H2,(H,22,23). The van der Waals surface area contributed by atoms with E-state index in [-0.39, 0.29) is 5.91 Å². The van der Waals surface area contributed by atoms with Gasteiger partial charge in [-0.2, -0.15) is 0 Å². The maximum absolute atomic E-state index is 11.9. The molecule has 24 heavy (non-hydrogen) atoms. The average Bonchev–Trinajstić information content (AvgIpc) is 2.64. The van der Waals surface area contributed by atoms with E-state index >= 15 is 0 Å². The van der Waals surface area contributed by atoms with E-state index in [1.54, 1.807) is 0 Å². The second-order valence-corrected chi connectivity index (χ2v) is 6.41. The highest BCUT2D eigenvalue weighted by molar-refractivity contribution is 5.88. The molecule has 2 N–H and O–H groups in total. The summed E-state index contributed by atoms with van der Waals surface area (Å²) in [6.07, 6.45) is 4.01. The number of nitrogens with one attached hydrogen (secondary N) is 2. The van der Waals surface area contributed by atoms with Crippen molar-refractivity contribution in [3.05, 3.63) is 42.5 Å². The number of fused-ring (bicyclic) bond motifs is 1. The van der Waals surface area contributed by atoms with Crippen molar-refractivity contribution in [2.45, 2.75) is 25.7 Å². The minimum absolute atomic E-state index is 0.134. The van der Waals surface area contributed by atoms with Crippen LogP contribution in [-0.2, 0) is 4.79 Å². The van der Waals surface area contributed by atoms with Gasteiger partial charge in [-0.25, -0.2) is 0 Å². The third-order valence-corrected chi connectivity index (χ3v) is 4.67. The maximum atomic E-state index is 11.9. The Morgan fingerprint density at radius 1 is 1.12 bits per heavy atom. The molecule has 0 unspecified atom stereocenters. The van der Waals surface area contributed by atoms with Gasteiger partial charge in [0.15, 0.2) is 0 Å². The molecule has 1 saturated heterocycles. The molecule has 128 valence electrons. The van der Waals surface area contributed by atoms with Crippen molar-refractivity contribution < 1.29 is 9.53 Å². The number of piperidine rings is 1. The van der Waals surface area contributed by atoms with Crippen molar-refractivity contribution in [2.75, 3.05) is 26.2 Å². The zero-order valence-corrected chi connectivity index (χ0v) is 14.1. The van der Waals surface area contributed by atoms with Crippen LogP contribution in [0.4, 0.5) is 0 Å². The number of hydrogen-bond donors (Lipinski definition) is 2. The monoisotopic (exact) mass is 326 g/mol. The van der Waals surface area contributed by atoms with Gasteiger partial charge in [-0.05, 0) is 49.7 Å². The SMILES string of the molecule is O=C(CCC1CCNCC1)NCCOc1cccc2ccccc12. The van der Waals surface area contributed by atoms with Gasteiger partial charge in [0.25, 0.3) is 0 Å². The lowest BCUT2D eigenvalue weighted by Gasteiger charge is -2.22. The van der Waals surface area contributed by atoms with Crippen LogP contribution in [0.5, 0.6) is 5.75 Å². The second-order valence-electron chi connectivity index (χ2n) is 6.41. The van der Waals surface area contributed by atoms with E-state index < -0.39 is 0 Å². The summed E-state index contributed by atoms with van der Waals surface area (Å²) < 4.78 is 5.84. The highest BCUT2D eigenvalue weighted by Gasteiger charge is 2.14. The number of benzene rings is 2. The summed E-state index contributed by atoms with van der Waals surface area (Å²) in [7, 11) is 0. The fourth-order valence-corrected chi connectivity index (χ4v) is 3.27. The highest BCUT2D eigenvalue weighted by atomic mass is 16.5. The largest absolute Gasteiger partial charge is 0.491 e. The Morgan fingerprint density at radius 3 is 2.79 bits per heavy atom. The first kappa shape index (κ1) is 16.8. The molecule has 4 heteroatoms. The Kier molecular flexibility index (Phi) is 6.07. The average molecular weight is 326 g/mol. The van der Waals surface area contributed by atoms with Crippen LogP contribution in [0.15, 0.2) is 42.5 Å². The third-order valence-electron chi connectivity index (χ3n) is 4.67. The molecular formula is C20H26N2O2. The Morgan fingerprint density at radius 2 is 1.92 bits per heavy atom. The number of amides is 1. The summed E-state index contributed by atoms with van der Waals surface area (Å²) in [5.41, 5.74) is 0. The third kappa shape index (κ3) is 4.71. The quantitative estimate of drug-likeness (QED) is 0.769. The Bertz CT molecular complexity index is 660. The topological polar surface area (TPSA) is 50.4 Å². The molecule has 2 aromatic carbocycles. The van der Waals surface area contributed by atoms with Gasteiger partial charge in [-0.1, -0.05) is 36.4 Å². The molecule has 1 aliphatic heterocycles. The maximum Gasteiger partial charge on any atom is 0.220 e. The highest BCUT2D eigenvalue weighted by Crippen LogP contribution is 2.24. The van der Waals surface area contributed by atoms with Gasteiger partial charge in [0, 0.05) is 11.8 Å². The number of hydrogen-bond acceptors (Lipinski definition) is 3. The molecule has 1 amide bonds. The predicted molar refractivity (Wildman–Crippen MR) is 97.3 cm³/mol. The van der Waals surface area contributed by atoms with Crippen molar-refractivity contribution in [3.63, 3.8) is 0 Å². The van der Waals surface area contributed by atoms with Crippen molar-refractivity contribution in [1.82, 2.24) is 10.6 Å². The van der Waals surface area contributed by atoms with Gasteiger partial charge in [0.05, 0.1) is 6.54 Å². The van der Waals surface area contributed by atoms with E-state index in [0.29, 0.717) is 25.5 Å². The van der Waals surface area contributed by atoms with E-state index in [0.717, 1.165) is 30.6 Å². The van der Waals surface area contributed by atoms with E-state index in [1.165, 1.54) is 18.2 Å². The molecule has 4 nitrogen and oxygen atoms in total. The van der Waals surface area contributed by atoms with Gasteiger partial charge in [0.1, 0.15) is 12.4 Å². The molecule has 0 aliphatic carbocycles. The van der Waals surface area contributed by atoms with Crippen LogP contribution in [0.2, 0.25) is 0 Å². The minimum Gasteiger partial charge on any atom is -0.491 e. The summed E-state index contributed by atoms with van der Waals surface area (Å²) >= 11 is 0. The summed E-state index contributed by atoms with van der Waals surface area (Å²) in [6.45, 7) is 3.22. The minimum atomic E-state index is 0.134. The number of carbonyl (C=O) groups is 1. The lowest BCUT2D eigenvalue weighted by molar-refractivity contribution is -0.121. The molecular weight excluding hydrogens is 300 g/mol. The first-order valence-electron chi connectivity index (χ1n) is 8.91. The van der Waals surface area contributed by atoms with Crippen molar-refractivity contribution in [1.29, 1.82) is 0 Å². The summed E-state index contributed by atoms with van der Waals surface area (Å²) in [5, 5.41) is 8.59. The van der Waals surface area contributed by atoms with Gasteiger partial charge in [-0.3, -0.25) is 4.79 Å². The van der Waals surface area contributed by atoms with Gasteiger partial charge >= 0.3 is 0 Å². The van der Waals surface area contributed by atoms with Crippen molar-refractivity contribution in [2.24, 2.45) is 5.92 Å². The normalized spacial score (nSPS) is 15.3.